The highest BCUT2D eigenvalue weighted by atomic mass is 32.1. The molecule has 0 aliphatic heterocycles. The number of anilines is 1. The van der Waals surface area contributed by atoms with Gasteiger partial charge in [0.25, 0.3) is 0 Å². The van der Waals surface area contributed by atoms with Crippen molar-refractivity contribution in [2.24, 2.45) is 5.73 Å². The fraction of sp³-hybridized carbons (Fsp3) is 0.148. The Bertz CT molecular complexity index is 1480. The van der Waals surface area contributed by atoms with Crippen molar-refractivity contribution in [1.29, 1.82) is 0 Å². The molecule has 2 atom stereocenters. The van der Waals surface area contributed by atoms with Gasteiger partial charge in [0.1, 0.15) is 18.2 Å². The lowest BCUT2D eigenvalue weighted by atomic mass is 10.0. The van der Waals surface area contributed by atoms with E-state index < -0.39 is 12.0 Å². The number of fused-ring (bicyclic) bond motifs is 2. The largest absolute Gasteiger partial charge is 0.480 e. The van der Waals surface area contributed by atoms with Gasteiger partial charge in [0, 0.05) is 10.9 Å². The van der Waals surface area contributed by atoms with Crippen molar-refractivity contribution in [2.75, 3.05) is 5.32 Å². The van der Waals surface area contributed by atoms with Gasteiger partial charge in [-0.25, -0.2) is 9.97 Å². The second-order valence-electron chi connectivity index (χ2n) is 8.37. The fourth-order valence-corrected chi connectivity index (χ4v) is 5.07. The first-order valence-corrected chi connectivity index (χ1v) is 11.9. The molecule has 7 heteroatoms. The smallest absolute Gasteiger partial charge is 0.320 e. The molecule has 2 unspecified atom stereocenters. The molecule has 5 aromatic rings. The maximum absolute atomic E-state index is 11.0. The van der Waals surface area contributed by atoms with Crippen molar-refractivity contribution in [3.05, 3.63) is 89.6 Å². The molecule has 170 valence electrons. The summed E-state index contributed by atoms with van der Waals surface area (Å²) in [5, 5.41) is 17.1. The minimum atomic E-state index is -0.998. The lowest BCUT2D eigenvalue weighted by Gasteiger charge is -2.16. The van der Waals surface area contributed by atoms with E-state index in [-0.39, 0.29) is 6.04 Å². The van der Waals surface area contributed by atoms with Crippen molar-refractivity contribution in [1.82, 2.24) is 9.97 Å². The minimum Gasteiger partial charge on any atom is -0.480 e. The molecule has 0 saturated carbocycles. The van der Waals surface area contributed by atoms with Gasteiger partial charge in [-0.05, 0) is 46.9 Å². The van der Waals surface area contributed by atoms with Crippen LogP contribution in [0.2, 0.25) is 0 Å². The second-order valence-corrected chi connectivity index (χ2v) is 9.25. The molecule has 0 radical (unpaired) electrons. The van der Waals surface area contributed by atoms with Crippen molar-refractivity contribution in [2.45, 2.75) is 25.4 Å². The van der Waals surface area contributed by atoms with E-state index in [2.05, 4.69) is 64.0 Å². The van der Waals surface area contributed by atoms with Gasteiger partial charge in [-0.2, -0.15) is 0 Å². The Morgan fingerprint density at radius 3 is 2.59 bits per heavy atom. The molecule has 0 saturated heterocycles. The monoisotopic (exact) mass is 468 g/mol. The molecule has 0 aliphatic carbocycles. The first kappa shape index (κ1) is 22.0. The van der Waals surface area contributed by atoms with E-state index in [1.807, 2.05) is 30.3 Å². The maximum atomic E-state index is 11.0. The van der Waals surface area contributed by atoms with Crippen LogP contribution in [0.5, 0.6) is 0 Å². The van der Waals surface area contributed by atoms with Gasteiger partial charge in [0.2, 0.25) is 0 Å². The van der Waals surface area contributed by atoms with Gasteiger partial charge >= 0.3 is 5.97 Å². The maximum Gasteiger partial charge on any atom is 0.320 e. The van der Waals surface area contributed by atoms with E-state index in [0.717, 1.165) is 32.7 Å². The summed E-state index contributed by atoms with van der Waals surface area (Å²) in [5.41, 5.74) is 10.7. The van der Waals surface area contributed by atoms with Crippen LogP contribution in [0.25, 0.3) is 32.1 Å². The molecule has 5 rings (SSSR count). The number of nitrogens with two attached hydrogens (primary N) is 1. The van der Waals surface area contributed by atoms with Crippen molar-refractivity contribution >= 4 is 44.1 Å². The summed E-state index contributed by atoms with van der Waals surface area (Å²) in [6.45, 7) is 2.13. The summed E-state index contributed by atoms with van der Waals surface area (Å²) in [4.78, 5) is 20.1. The summed E-state index contributed by atoms with van der Waals surface area (Å²) < 4.78 is 1.00. The average molecular weight is 469 g/mol. The third-order valence-corrected chi connectivity index (χ3v) is 6.99. The molecule has 34 heavy (non-hydrogen) atoms. The molecule has 0 fully saturated rings. The first-order valence-electron chi connectivity index (χ1n) is 11.0. The molecular weight excluding hydrogens is 444 g/mol. The normalized spacial score (nSPS) is 13.1. The summed E-state index contributed by atoms with van der Waals surface area (Å²) in [7, 11) is 0. The van der Waals surface area contributed by atoms with Crippen LogP contribution in [0.1, 0.15) is 24.1 Å². The number of nitrogens with zero attached hydrogens (tertiary/aromatic N) is 2. The SMILES string of the molecule is CC(Nc1ncnc2c(-c3ccc(CC(N)C(=O)O)cc3)csc12)c1ccc2ccccc2c1. The number of hydrogen-bond acceptors (Lipinski definition) is 6. The summed E-state index contributed by atoms with van der Waals surface area (Å²) in [5.74, 6) is -0.187. The Kier molecular flexibility index (Phi) is 5.96. The zero-order valence-corrected chi connectivity index (χ0v) is 19.4. The van der Waals surface area contributed by atoms with Crippen molar-refractivity contribution in [3.8, 4) is 11.1 Å². The van der Waals surface area contributed by atoms with Gasteiger partial charge in [-0.15, -0.1) is 11.3 Å². The summed E-state index contributed by atoms with van der Waals surface area (Å²) in [6, 6.07) is 21.8. The molecule has 0 amide bonds. The van der Waals surface area contributed by atoms with Crippen molar-refractivity contribution < 1.29 is 9.90 Å². The van der Waals surface area contributed by atoms with Crippen LogP contribution < -0.4 is 11.1 Å². The van der Waals surface area contributed by atoms with Gasteiger partial charge in [-0.3, -0.25) is 4.79 Å². The van der Waals surface area contributed by atoms with Crippen LogP contribution in [0.3, 0.4) is 0 Å². The van der Waals surface area contributed by atoms with E-state index in [9.17, 15) is 4.79 Å². The second kappa shape index (κ2) is 9.21. The van der Waals surface area contributed by atoms with Crippen LogP contribution in [0.15, 0.2) is 78.4 Å². The van der Waals surface area contributed by atoms with Crippen LogP contribution in [0, 0.1) is 0 Å². The van der Waals surface area contributed by atoms with E-state index in [1.165, 1.54) is 16.3 Å². The predicted molar refractivity (Wildman–Crippen MR) is 138 cm³/mol. The number of aromatic nitrogens is 2. The third-order valence-electron chi connectivity index (χ3n) is 6.02. The number of hydrogen-bond donors (Lipinski definition) is 3. The first-order chi connectivity index (χ1) is 16.5. The third kappa shape index (κ3) is 4.35. The zero-order chi connectivity index (χ0) is 23.7. The minimum absolute atomic E-state index is 0.0750. The van der Waals surface area contributed by atoms with Crippen LogP contribution in [-0.2, 0) is 11.2 Å². The van der Waals surface area contributed by atoms with Crippen molar-refractivity contribution in [3.63, 3.8) is 0 Å². The topological polar surface area (TPSA) is 101 Å². The highest BCUT2D eigenvalue weighted by Crippen LogP contribution is 2.37. The molecule has 6 nitrogen and oxygen atoms in total. The molecule has 3 aromatic carbocycles. The Hall–Kier alpha value is -3.81. The summed E-state index contributed by atoms with van der Waals surface area (Å²) >= 11 is 1.61. The number of carboxylic acids is 1. The van der Waals surface area contributed by atoms with Crippen LogP contribution in [-0.4, -0.2) is 27.1 Å². The zero-order valence-electron chi connectivity index (χ0n) is 18.6. The lowest BCUT2D eigenvalue weighted by molar-refractivity contribution is -0.138. The Balaban J connectivity index is 1.40. The number of rotatable bonds is 7. The van der Waals surface area contributed by atoms with Gasteiger partial charge in [0.05, 0.1) is 16.3 Å². The van der Waals surface area contributed by atoms with Gasteiger partial charge in [0.15, 0.2) is 0 Å². The average Bonchev–Trinajstić information content (AvgIpc) is 3.29. The van der Waals surface area contributed by atoms with E-state index in [1.54, 1.807) is 17.7 Å². The number of aliphatic carboxylic acids is 1. The predicted octanol–water partition coefficient (Wildman–Crippen LogP) is 5.64. The number of thiophene rings is 1. The number of carbonyl (C=O) groups is 1. The molecule has 0 spiro atoms. The number of benzene rings is 3. The van der Waals surface area contributed by atoms with Gasteiger partial charge < -0.3 is 16.2 Å². The molecule has 2 aromatic heterocycles. The Labute approximate surface area is 201 Å². The van der Waals surface area contributed by atoms with E-state index >= 15 is 0 Å². The van der Waals surface area contributed by atoms with Crippen LogP contribution >= 0.6 is 11.3 Å². The number of nitrogens with one attached hydrogen (secondary N) is 1. The highest BCUT2D eigenvalue weighted by molar-refractivity contribution is 7.18. The standard InChI is InChI=1S/C27H24N4O2S/c1-16(20-11-10-18-4-2-3-5-21(18)13-20)31-26-25-24(29-15-30-26)22(14-34-25)19-8-6-17(7-9-19)12-23(28)27(32)33/h2-11,13-16,23H,12,28H2,1H3,(H,32,33)(H,29,30,31). The van der Waals surface area contributed by atoms with Gasteiger partial charge in [-0.1, -0.05) is 60.7 Å². The molecule has 0 aliphatic rings. The quantitative estimate of drug-likeness (QED) is 0.286. The Morgan fingerprint density at radius 2 is 1.82 bits per heavy atom. The molecule has 0 bridgehead atoms. The molecular formula is C27H24N4O2S. The summed E-state index contributed by atoms with van der Waals surface area (Å²) in [6.07, 6.45) is 1.89. The lowest BCUT2D eigenvalue weighted by Crippen LogP contribution is -2.32. The fourth-order valence-electron chi connectivity index (χ4n) is 4.09. The van der Waals surface area contributed by atoms with E-state index in [4.69, 9.17) is 10.8 Å². The molecule has 2 heterocycles. The van der Waals surface area contributed by atoms with Crippen LogP contribution in [0.4, 0.5) is 5.82 Å². The number of carboxylic acid groups (broad SMARTS) is 1. The highest BCUT2D eigenvalue weighted by Gasteiger charge is 2.16. The molecule has 4 N–H and O–H groups in total. The Morgan fingerprint density at radius 1 is 1.06 bits per heavy atom. The van der Waals surface area contributed by atoms with E-state index in [0.29, 0.717) is 6.42 Å².